The van der Waals surface area contributed by atoms with E-state index in [1.807, 2.05) is 55.5 Å². The number of carbonyl (C=O) groups is 1. The summed E-state index contributed by atoms with van der Waals surface area (Å²) in [5.41, 5.74) is 2.82. The molecule has 0 spiro atoms. The quantitative estimate of drug-likeness (QED) is 0.539. The minimum atomic E-state index is -3.57. The molecule has 3 aromatic rings. The van der Waals surface area contributed by atoms with Gasteiger partial charge in [-0.15, -0.1) is 0 Å². The van der Waals surface area contributed by atoms with Gasteiger partial charge in [-0.05, 0) is 49.1 Å². The minimum absolute atomic E-state index is 0.0669. The second-order valence-electron chi connectivity index (χ2n) is 10.6. The Kier molecular flexibility index (Phi) is 6.41. The number of aromatic nitrogens is 1. The average Bonchev–Trinajstić information content (AvgIpc) is 3.07. The predicted octanol–water partition coefficient (Wildman–Crippen LogP) is 5.25. The fraction of sp³-hybridized carbons (Fsp3) is 0.444. The molecular weight excluding hydrogens is 432 g/mol. The lowest BCUT2D eigenvalue weighted by Gasteiger charge is -2.39. The number of sulfone groups is 1. The zero-order valence-corrected chi connectivity index (χ0v) is 20.8. The van der Waals surface area contributed by atoms with Crippen molar-refractivity contribution in [3.05, 3.63) is 65.9 Å². The van der Waals surface area contributed by atoms with Gasteiger partial charge in [-0.2, -0.15) is 0 Å². The van der Waals surface area contributed by atoms with Gasteiger partial charge >= 0.3 is 0 Å². The monoisotopic (exact) mass is 466 g/mol. The maximum absolute atomic E-state index is 13.3. The van der Waals surface area contributed by atoms with Crippen molar-refractivity contribution >= 4 is 26.6 Å². The fourth-order valence-corrected chi connectivity index (χ4v) is 7.04. The zero-order chi connectivity index (χ0) is 23.8. The van der Waals surface area contributed by atoms with Crippen molar-refractivity contribution in [1.82, 2.24) is 9.88 Å². The number of nitrogens with one attached hydrogen (secondary N) is 1. The van der Waals surface area contributed by atoms with Crippen molar-refractivity contribution in [2.24, 2.45) is 11.3 Å². The van der Waals surface area contributed by atoms with E-state index < -0.39 is 9.84 Å². The molecule has 6 heteroatoms. The highest BCUT2D eigenvalue weighted by molar-refractivity contribution is 7.90. The van der Waals surface area contributed by atoms with E-state index in [0.29, 0.717) is 11.3 Å². The molecule has 1 heterocycles. The summed E-state index contributed by atoms with van der Waals surface area (Å²) in [5.74, 6) is 0.431. The summed E-state index contributed by atoms with van der Waals surface area (Å²) in [6.45, 7) is 8.83. The first-order valence-electron chi connectivity index (χ1n) is 11.7. The Balaban J connectivity index is 1.57. The number of para-hydroxylation sites is 1. The Morgan fingerprint density at radius 3 is 2.48 bits per heavy atom. The standard InChI is InChI=1S/C27H34N2O3S/c1-19-9-11-21(12-10-19)18-33(31,32)25-16-29(24-8-6-5-7-23(24)25)17-26(30)28-22-13-20(2)14-27(3,4)15-22/h5-12,16,20,22H,13-15,17-18H2,1-4H3,(H,28,30). The molecule has 2 atom stereocenters. The molecule has 0 saturated heterocycles. The van der Waals surface area contributed by atoms with Gasteiger partial charge in [-0.3, -0.25) is 4.79 Å². The summed E-state index contributed by atoms with van der Waals surface area (Å²) in [4.78, 5) is 13.2. The maximum atomic E-state index is 13.3. The molecular formula is C27H34N2O3S. The second-order valence-corrected chi connectivity index (χ2v) is 12.5. The van der Waals surface area contributed by atoms with Crippen LogP contribution in [0, 0.1) is 18.3 Å². The number of aryl methyl sites for hydroxylation is 1. The third kappa shape index (κ3) is 5.49. The van der Waals surface area contributed by atoms with E-state index >= 15 is 0 Å². The van der Waals surface area contributed by atoms with Crippen molar-refractivity contribution in [3.63, 3.8) is 0 Å². The number of hydrogen-bond donors (Lipinski definition) is 1. The normalized spacial score (nSPS) is 20.6. The molecule has 176 valence electrons. The number of fused-ring (bicyclic) bond motifs is 1. The van der Waals surface area contributed by atoms with Crippen LogP contribution in [0.25, 0.3) is 10.9 Å². The van der Waals surface area contributed by atoms with Crippen LogP contribution in [0.3, 0.4) is 0 Å². The van der Waals surface area contributed by atoms with Gasteiger partial charge in [0.25, 0.3) is 0 Å². The lowest BCUT2D eigenvalue weighted by Crippen LogP contribution is -2.44. The number of amides is 1. The van der Waals surface area contributed by atoms with Crippen LogP contribution in [0.1, 0.15) is 51.2 Å². The molecule has 1 amide bonds. The molecule has 0 radical (unpaired) electrons. The lowest BCUT2D eigenvalue weighted by atomic mass is 9.70. The first-order chi connectivity index (χ1) is 15.5. The molecule has 4 rings (SSSR count). The Hall–Kier alpha value is -2.60. The van der Waals surface area contributed by atoms with E-state index in [-0.39, 0.29) is 34.6 Å². The lowest BCUT2D eigenvalue weighted by molar-refractivity contribution is -0.122. The van der Waals surface area contributed by atoms with Crippen LogP contribution in [-0.2, 0) is 26.9 Å². The summed E-state index contributed by atoms with van der Waals surface area (Å²) in [6.07, 6.45) is 4.74. The second kappa shape index (κ2) is 8.98. The smallest absolute Gasteiger partial charge is 0.240 e. The van der Waals surface area contributed by atoms with Crippen LogP contribution >= 0.6 is 0 Å². The van der Waals surface area contributed by atoms with Gasteiger partial charge in [0.1, 0.15) is 6.54 Å². The number of rotatable bonds is 6. The molecule has 0 bridgehead atoms. The predicted molar refractivity (Wildman–Crippen MR) is 133 cm³/mol. The zero-order valence-electron chi connectivity index (χ0n) is 20.0. The van der Waals surface area contributed by atoms with Crippen LogP contribution in [0.5, 0.6) is 0 Å². The van der Waals surface area contributed by atoms with Crippen LogP contribution < -0.4 is 5.32 Å². The molecule has 0 aliphatic heterocycles. The van der Waals surface area contributed by atoms with E-state index in [0.717, 1.165) is 29.5 Å². The average molecular weight is 467 g/mol. The Morgan fingerprint density at radius 2 is 1.79 bits per heavy atom. The van der Waals surface area contributed by atoms with Crippen LogP contribution in [-0.4, -0.2) is 24.9 Å². The van der Waals surface area contributed by atoms with Crippen LogP contribution in [0.4, 0.5) is 0 Å². The summed E-state index contributed by atoms with van der Waals surface area (Å²) in [6, 6.07) is 15.1. The first kappa shape index (κ1) is 23.6. The molecule has 2 aromatic carbocycles. The van der Waals surface area contributed by atoms with Crippen molar-refractivity contribution < 1.29 is 13.2 Å². The van der Waals surface area contributed by atoms with Gasteiger partial charge in [0, 0.05) is 23.1 Å². The van der Waals surface area contributed by atoms with E-state index in [4.69, 9.17) is 0 Å². The Morgan fingerprint density at radius 1 is 1.09 bits per heavy atom. The van der Waals surface area contributed by atoms with Gasteiger partial charge in [0.15, 0.2) is 9.84 Å². The maximum Gasteiger partial charge on any atom is 0.240 e. The van der Waals surface area contributed by atoms with Gasteiger partial charge in [0.2, 0.25) is 5.91 Å². The number of benzene rings is 2. The molecule has 33 heavy (non-hydrogen) atoms. The van der Waals surface area contributed by atoms with E-state index in [9.17, 15) is 13.2 Å². The molecule has 1 N–H and O–H groups in total. The highest BCUT2D eigenvalue weighted by Gasteiger charge is 2.32. The number of nitrogens with zero attached hydrogens (tertiary/aromatic N) is 1. The number of hydrogen-bond acceptors (Lipinski definition) is 3. The fourth-order valence-electron chi connectivity index (χ4n) is 5.46. The minimum Gasteiger partial charge on any atom is -0.352 e. The molecule has 1 saturated carbocycles. The van der Waals surface area contributed by atoms with Crippen molar-refractivity contribution in [2.45, 2.75) is 70.2 Å². The van der Waals surface area contributed by atoms with E-state index in [2.05, 4.69) is 26.1 Å². The molecule has 1 fully saturated rings. The highest BCUT2D eigenvalue weighted by atomic mass is 32.2. The largest absolute Gasteiger partial charge is 0.352 e. The van der Waals surface area contributed by atoms with Crippen molar-refractivity contribution in [2.75, 3.05) is 0 Å². The van der Waals surface area contributed by atoms with Crippen molar-refractivity contribution in [1.29, 1.82) is 0 Å². The topological polar surface area (TPSA) is 68.2 Å². The Bertz CT molecular complexity index is 1260. The first-order valence-corrected chi connectivity index (χ1v) is 13.3. The highest BCUT2D eigenvalue weighted by Crippen LogP contribution is 2.38. The molecule has 1 aliphatic carbocycles. The molecule has 2 unspecified atom stereocenters. The summed E-state index contributed by atoms with van der Waals surface area (Å²) >= 11 is 0. The third-order valence-electron chi connectivity index (χ3n) is 6.63. The third-order valence-corrected chi connectivity index (χ3v) is 8.34. The summed E-state index contributed by atoms with van der Waals surface area (Å²) in [5, 5.41) is 3.86. The van der Waals surface area contributed by atoms with Gasteiger partial charge in [-0.1, -0.05) is 68.8 Å². The van der Waals surface area contributed by atoms with Crippen LogP contribution in [0.2, 0.25) is 0 Å². The van der Waals surface area contributed by atoms with E-state index in [1.165, 1.54) is 6.42 Å². The van der Waals surface area contributed by atoms with E-state index in [1.54, 1.807) is 10.8 Å². The van der Waals surface area contributed by atoms with Gasteiger partial charge < -0.3 is 9.88 Å². The van der Waals surface area contributed by atoms with Crippen LogP contribution in [0.15, 0.2) is 59.6 Å². The Labute approximate surface area is 197 Å². The van der Waals surface area contributed by atoms with Gasteiger partial charge in [-0.25, -0.2) is 8.42 Å². The molecule has 5 nitrogen and oxygen atoms in total. The number of carbonyl (C=O) groups excluding carboxylic acids is 1. The van der Waals surface area contributed by atoms with Gasteiger partial charge in [0.05, 0.1) is 10.6 Å². The molecule has 1 aromatic heterocycles. The summed E-state index contributed by atoms with van der Waals surface area (Å²) in [7, 11) is -3.57. The SMILES string of the molecule is Cc1ccc(CS(=O)(=O)c2cn(CC(=O)NC3CC(C)CC(C)(C)C3)c3ccccc23)cc1. The summed E-state index contributed by atoms with van der Waals surface area (Å²) < 4.78 is 28.4. The van der Waals surface area contributed by atoms with Crippen molar-refractivity contribution in [3.8, 4) is 0 Å². The molecule has 1 aliphatic rings.